The Balaban J connectivity index is 1.97. The van der Waals surface area contributed by atoms with E-state index in [2.05, 4.69) is 0 Å². The van der Waals surface area contributed by atoms with Crippen LogP contribution in [0.25, 0.3) is 0 Å². The number of hydrogen-bond donors (Lipinski definition) is 1. The molecule has 25 heavy (non-hydrogen) atoms. The predicted molar refractivity (Wildman–Crippen MR) is 93.5 cm³/mol. The first-order valence-corrected chi connectivity index (χ1v) is 10.0. The molecule has 2 heterocycles. The van der Waals surface area contributed by atoms with Crippen molar-refractivity contribution in [3.63, 3.8) is 0 Å². The van der Waals surface area contributed by atoms with Gasteiger partial charge in [-0.05, 0) is 45.0 Å². The number of fused-ring (bicyclic) bond motifs is 1. The summed E-state index contributed by atoms with van der Waals surface area (Å²) in [6, 6.07) is 5.06. The molecule has 2 aliphatic heterocycles. The monoisotopic (exact) mass is 370 g/mol. The molecular formula is C17H26N2O5S. The number of nitrogens with zero attached hydrogens (tertiary/aromatic N) is 2. The molecule has 0 radical (unpaired) electrons. The Morgan fingerprint density at radius 2 is 1.96 bits per heavy atom. The lowest BCUT2D eigenvalue weighted by molar-refractivity contribution is 0.166. The molecule has 140 valence electrons. The lowest BCUT2D eigenvalue weighted by atomic mass is 10.0. The Labute approximate surface area is 149 Å². The molecule has 1 fully saturated rings. The molecule has 7 nitrogen and oxygen atoms in total. The highest BCUT2D eigenvalue weighted by atomic mass is 32.2. The van der Waals surface area contributed by atoms with Crippen molar-refractivity contribution < 1.29 is 23.0 Å². The average Bonchev–Trinajstić information content (AvgIpc) is 2.84. The molecule has 2 aliphatic rings. The van der Waals surface area contributed by atoms with Crippen LogP contribution in [-0.4, -0.2) is 75.8 Å². The molecule has 0 aromatic heterocycles. The van der Waals surface area contributed by atoms with E-state index in [4.69, 9.17) is 9.47 Å². The van der Waals surface area contributed by atoms with Crippen LogP contribution in [0.15, 0.2) is 23.1 Å². The van der Waals surface area contributed by atoms with Crippen LogP contribution in [0.4, 0.5) is 0 Å². The smallest absolute Gasteiger partial charge is 0.246 e. The average molecular weight is 370 g/mol. The fourth-order valence-electron chi connectivity index (χ4n) is 3.36. The van der Waals surface area contributed by atoms with Crippen molar-refractivity contribution in [3.05, 3.63) is 18.2 Å². The van der Waals surface area contributed by atoms with Crippen molar-refractivity contribution in [2.75, 3.05) is 47.0 Å². The molecule has 0 spiro atoms. The number of aliphatic hydroxyl groups excluding tert-OH is 1. The molecule has 8 heteroatoms. The number of hydrogen-bond acceptors (Lipinski definition) is 6. The standard InChI is InChI=1S/C17H26N2O5S/c1-18(2)14-7-6-13(12-20)10-19(11-14)25(21,22)16-5-3-4-15-17(16)24-9-8-23-15/h3-5,13-14,20H,6-12H2,1-2H3/t13-,14+/m0/s1. The topological polar surface area (TPSA) is 79.3 Å². The summed E-state index contributed by atoms with van der Waals surface area (Å²) >= 11 is 0. The van der Waals surface area contributed by atoms with E-state index in [-0.39, 0.29) is 23.5 Å². The van der Waals surface area contributed by atoms with Crippen LogP contribution in [0.5, 0.6) is 11.5 Å². The van der Waals surface area contributed by atoms with Crippen LogP contribution >= 0.6 is 0 Å². The highest BCUT2D eigenvalue weighted by molar-refractivity contribution is 7.89. The molecule has 0 aliphatic carbocycles. The van der Waals surface area contributed by atoms with Crippen molar-refractivity contribution in [1.29, 1.82) is 0 Å². The first-order valence-electron chi connectivity index (χ1n) is 8.59. The summed E-state index contributed by atoms with van der Waals surface area (Å²) in [6.45, 7) is 1.44. The van der Waals surface area contributed by atoms with Crippen molar-refractivity contribution >= 4 is 10.0 Å². The van der Waals surface area contributed by atoms with Gasteiger partial charge in [-0.3, -0.25) is 0 Å². The van der Waals surface area contributed by atoms with Gasteiger partial charge < -0.3 is 19.5 Å². The van der Waals surface area contributed by atoms with Crippen molar-refractivity contribution in [2.24, 2.45) is 5.92 Å². The fraction of sp³-hybridized carbons (Fsp3) is 0.647. The number of para-hydroxylation sites is 1. The highest BCUT2D eigenvalue weighted by Gasteiger charge is 2.36. The van der Waals surface area contributed by atoms with E-state index in [0.717, 1.165) is 12.8 Å². The third-order valence-corrected chi connectivity index (χ3v) is 6.78. The number of likely N-dealkylation sites (N-methyl/N-ethyl adjacent to an activating group) is 1. The lowest BCUT2D eigenvalue weighted by Crippen LogP contribution is -2.43. The Morgan fingerprint density at radius 3 is 2.68 bits per heavy atom. The molecule has 0 bridgehead atoms. The van der Waals surface area contributed by atoms with Gasteiger partial charge in [0.25, 0.3) is 0 Å². The largest absolute Gasteiger partial charge is 0.486 e. The van der Waals surface area contributed by atoms with Crippen molar-refractivity contribution in [2.45, 2.75) is 23.8 Å². The minimum absolute atomic E-state index is 0.0152. The quantitative estimate of drug-likeness (QED) is 0.844. The van der Waals surface area contributed by atoms with Crippen LogP contribution in [0.3, 0.4) is 0 Å². The first-order chi connectivity index (χ1) is 11.9. The lowest BCUT2D eigenvalue weighted by Gasteiger charge is -2.29. The second-order valence-corrected chi connectivity index (χ2v) is 8.75. The van der Waals surface area contributed by atoms with E-state index in [1.54, 1.807) is 18.2 Å². The molecule has 0 saturated carbocycles. The van der Waals surface area contributed by atoms with Gasteiger partial charge in [0, 0.05) is 25.7 Å². The summed E-state index contributed by atoms with van der Waals surface area (Å²) in [5.74, 6) is 0.696. The zero-order valence-electron chi connectivity index (χ0n) is 14.7. The minimum atomic E-state index is -3.75. The minimum Gasteiger partial charge on any atom is -0.486 e. The maximum Gasteiger partial charge on any atom is 0.246 e. The molecular weight excluding hydrogens is 344 g/mol. The van der Waals surface area contributed by atoms with Gasteiger partial charge in [-0.25, -0.2) is 8.42 Å². The second-order valence-electron chi connectivity index (χ2n) is 6.85. The van der Waals surface area contributed by atoms with E-state index in [0.29, 0.717) is 37.8 Å². The first kappa shape index (κ1) is 18.4. The van der Waals surface area contributed by atoms with E-state index < -0.39 is 10.0 Å². The Bertz CT molecular complexity index is 707. The van der Waals surface area contributed by atoms with Gasteiger partial charge in [0.05, 0.1) is 0 Å². The maximum atomic E-state index is 13.3. The molecule has 0 unspecified atom stereocenters. The summed E-state index contributed by atoms with van der Waals surface area (Å²) in [6.07, 6.45) is 1.66. The van der Waals surface area contributed by atoms with E-state index in [1.807, 2.05) is 19.0 Å². The van der Waals surface area contributed by atoms with Gasteiger partial charge in [0.15, 0.2) is 11.5 Å². The Kier molecular flexibility index (Phi) is 5.52. The second kappa shape index (κ2) is 7.49. The zero-order chi connectivity index (χ0) is 18.0. The number of ether oxygens (including phenoxy) is 2. The van der Waals surface area contributed by atoms with Crippen molar-refractivity contribution in [1.82, 2.24) is 9.21 Å². The molecule has 1 N–H and O–H groups in total. The normalized spacial score (nSPS) is 25.0. The van der Waals surface area contributed by atoms with Gasteiger partial charge in [0.1, 0.15) is 18.1 Å². The van der Waals surface area contributed by atoms with Crippen LogP contribution in [-0.2, 0) is 10.0 Å². The molecule has 1 aromatic carbocycles. The number of aliphatic hydroxyl groups is 1. The maximum absolute atomic E-state index is 13.3. The fourth-order valence-corrected chi connectivity index (χ4v) is 5.06. The van der Waals surface area contributed by atoms with Crippen LogP contribution < -0.4 is 9.47 Å². The van der Waals surface area contributed by atoms with Gasteiger partial charge in [-0.15, -0.1) is 0 Å². The summed E-state index contributed by atoms with van der Waals surface area (Å²) in [7, 11) is 0.163. The van der Waals surface area contributed by atoms with Gasteiger partial charge in [0.2, 0.25) is 10.0 Å². The summed E-state index contributed by atoms with van der Waals surface area (Å²) < 4.78 is 39.3. The number of sulfonamides is 1. The van der Waals surface area contributed by atoms with Gasteiger partial charge >= 0.3 is 0 Å². The number of rotatable bonds is 4. The Hall–Kier alpha value is -1.35. The van der Waals surface area contributed by atoms with Crippen LogP contribution in [0, 0.1) is 5.92 Å². The Morgan fingerprint density at radius 1 is 1.20 bits per heavy atom. The number of benzene rings is 1. The highest BCUT2D eigenvalue weighted by Crippen LogP contribution is 2.38. The third-order valence-electron chi connectivity index (χ3n) is 4.92. The van der Waals surface area contributed by atoms with E-state index >= 15 is 0 Å². The SMILES string of the molecule is CN(C)[C@@H]1CC[C@H](CO)CN(S(=O)(=O)c2cccc3c2OCCO3)C1. The van der Waals surface area contributed by atoms with Gasteiger partial charge in [-0.1, -0.05) is 6.07 Å². The molecule has 1 saturated heterocycles. The van der Waals surface area contributed by atoms with E-state index in [9.17, 15) is 13.5 Å². The third kappa shape index (κ3) is 3.76. The summed E-state index contributed by atoms with van der Waals surface area (Å²) in [5, 5.41) is 9.61. The summed E-state index contributed by atoms with van der Waals surface area (Å²) in [5.41, 5.74) is 0. The molecule has 0 amide bonds. The van der Waals surface area contributed by atoms with E-state index in [1.165, 1.54) is 4.31 Å². The molecule has 2 atom stereocenters. The predicted octanol–water partition coefficient (Wildman–Crippen LogP) is 0.781. The van der Waals surface area contributed by atoms with Gasteiger partial charge in [-0.2, -0.15) is 4.31 Å². The summed E-state index contributed by atoms with van der Waals surface area (Å²) in [4.78, 5) is 2.18. The van der Waals surface area contributed by atoms with Crippen molar-refractivity contribution in [3.8, 4) is 11.5 Å². The van der Waals surface area contributed by atoms with Crippen LogP contribution in [0.1, 0.15) is 12.8 Å². The van der Waals surface area contributed by atoms with Crippen LogP contribution in [0.2, 0.25) is 0 Å². The molecule has 3 rings (SSSR count). The molecule has 1 aromatic rings. The zero-order valence-corrected chi connectivity index (χ0v) is 15.5.